The molecule has 0 saturated carbocycles. The average molecular weight is 257 g/mol. The lowest BCUT2D eigenvalue weighted by atomic mass is 10.1. The quantitative estimate of drug-likeness (QED) is 0.716. The van der Waals surface area contributed by atoms with Crippen LogP contribution in [-0.2, 0) is 4.74 Å². The molecule has 0 atom stereocenters. The van der Waals surface area contributed by atoms with Gasteiger partial charge in [0, 0.05) is 16.3 Å². The monoisotopic (exact) mass is 257 g/mol. The first kappa shape index (κ1) is 11.5. The summed E-state index contributed by atoms with van der Waals surface area (Å²) in [6, 6.07) is 7.38. The van der Waals surface area contributed by atoms with E-state index in [9.17, 15) is 9.59 Å². The van der Waals surface area contributed by atoms with Crippen LogP contribution in [0.3, 0.4) is 0 Å². The number of aromatic amines is 1. The number of ether oxygens (including phenoxy) is 1. The van der Waals surface area contributed by atoms with E-state index in [0.717, 1.165) is 17.2 Å². The highest BCUT2D eigenvalue weighted by Gasteiger charge is 2.18. The van der Waals surface area contributed by atoms with Crippen molar-refractivity contribution in [3.63, 3.8) is 0 Å². The molecule has 5 heteroatoms. The zero-order chi connectivity index (χ0) is 13.4. The van der Waals surface area contributed by atoms with Crippen LogP contribution >= 0.6 is 0 Å². The van der Waals surface area contributed by atoms with Gasteiger partial charge in [0.05, 0.1) is 6.61 Å². The summed E-state index contributed by atoms with van der Waals surface area (Å²) in [6.07, 6.45) is 1.16. The van der Waals surface area contributed by atoms with E-state index in [-0.39, 0.29) is 17.7 Å². The Balaban J connectivity index is 2.43. The molecule has 0 saturated heterocycles. The number of para-hydroxylation sites is 1. The van der Waals surface area contributed by atoms with Crippen molar-refractivity contribution in [1.82, 2.24) is 4.98 Å². The molecule has 0 bridgehead atoms. The summed E-state index contributed by atoms with van der Waals surface area (Å²) in [6.45, 7) is 1.99. The van der Waals surface area contributed by atoms with Crippen LogP contribution in [-0.4, -0.2) is 17.6 Å². The van der Waals surface area contributed by atoms with Crippen molar-refractivity contribution < 1.29 is 13.9 Å². The molecule has 0 aliphatic rings. The standard InChI is InChI=1S/C14H11NO4/c1-2-18-13(16)9-7-19-14(17)12-11(9)8-5-3-4-6-10(8)15-12/h3-7,15H,2H2,1H3. The Kier molecular flexibility index (Phi) is 2.59. The van der Waals surface area contributed by atoms with Gasteiger partial charge in [0.2, 0.25) is 0 Å². The van der Waals surface area contributed by atoms with Gasteiger partial charge in [-0.2, -0.15) is 0 Å². The van der Waals surface area contributed by atoms with Crippen LogP contribution in [0.1, 0.15) is 17.3 Å². The molecule has 5 nitrogen and oxygen atoms in total. The molecule has 3 aromatic rings. The Morgan fingerprint density at radius 3 is 2.95 bits per heavy atom. The van der Waals surface area contributed by atoms with Crippen LogP contribution in [0.2, 0.25) is 0 Å². The molecule has 96 valence electrons. The van der Waals surface area contributed by atoms with Gasteiger partial charge in [0.1, 0.15) is 17.3 Å². The van der Waals surface area contributed by atoms with Crippen molar-refractivity contribution in [3.05, 3.63) is 46.5 Å². The van der Waals surface area contributed by atoms with Crippen molar-refractivity contribution in [1.29, 1.82) is 0 Å². The number of carbonyl (C=O) groups is 1. The summed E-state index contributed by atoms with van der Waals surface area (Å²) in [5, 5.41) is 1.35. The summed E-state index contributed by atoms with van der Waals surface area (Å²) in [4.78, 5) is 26.6. The molecule has 0 radical (unpaired) electrons. The van der Waals surface area contributed by atoms with Crippen molar-refractivity contribution >= 4 is 27.8 Å². The van der Waals surface area contributed by atoms with E-state index in [1.54, 1.807) is 6.92 Å². The highest BCUT2D eigenvalue weighted by atomic mass is 16.5. The minimum atomic E-state index is -0.501. The summed E-state index contributed by atoms with van der Waals surface area (Å²) < 4.78 is 9.86. The number of H-pyrrole nitrogens is 1. The molecule has 0 aliphatic carbocycles. The van der Waals surface area contributed by atoms with Gasteiger partial charge in [-0.1, -0.05) is 18.2 Å². The van der Waals surface area contributed by atoms with Crippen LogP contribution in [0.15, 0.2) is 39.7 Å². The number of hydrogen-bond acceptors (Lipinski definition) is 4. The first-order valence-electron chi connectivity index (χ1n) is 5.91. The molecule has 19 heavy (non-hydrogen) atoms. The number of benzene rings is 1. The van der Waals surface area contributed by atoms with E-state index >= 15 is 0 Å². The second kappa shape index (κ2) is 4.28. The second-order valence-electron chi connectivity index (χ2n) is 4.08. The van der Waals surface area contributed by atoms with E-state index in [1.807, 2.05) is 24.3 Å². The van der Waals surface area contributed by atoms with Gasteiger partial charge in [0.25, 0.3) is 0 Å². The maximum absolute atomic E-state index is 11.9. The maximum Gasteiger partial charge on any atom is 0.360 e. The van der Waals surface area contributed by atoms with Crippen LogP contribution < -0.4 is 5.63 Å². The molecule has 2 aromatic heterocycles. The maximum atomic E-state index is 11.9. The average Bonchev–Trinajstić information content (AvgIpc) is 2.80. The number of nitrogens with one attached hydrogen (secondary N) is 1. The van der Waals surface area contributed by atoms with Crippen molar-refractivity contribution in [2.24, 2.45) is 0 Å². The summed E-state index contributed by atoms with van der Waals surface area (Å²) in [5.74, 6) is -0.499. The van der Waals surface area contributed by atoms with Crippen molar-refractivity contribution in [2.75, 3.05) is 6.61 Å². The smallest absolute Gasteiger partial charge is 0.360 e. The van der Waals surface area contributed by atoms with Crippen LogP contribution in [0.4, 0.5) is 0 Å². The van der Waals surface area contributed by atoms with Crippen LogP contribution in [0.25, 0.3) is 21.8 Å². The first-order valence-corrected chi connectivity index (χ1v) is 5.91. The molecular formula is C14H11NO4. The fourth-order valence-electron chi connectivity index (χ4n) is 2.16. The fourth-order valence-corrected chi connectivity index (χ4v) is 2.16. The molecule has 0 unspecified atom stereocenters. The lowest BCUT2D eigenvalue weighted by Gasteiger charge is -2.02. The minimum absolute atomic E-state index is 0.258. The van der Waals surface area contributed by atoms with Crippen molar-refractivity contribution in [2.45, 2.75) is 6.92 Å². The normalized spacial score (nSPS) is 11.0. The van der Waals surface area contributed by atoms with E-state index in [0.29, 0.717) is 5.39 Å². The lowest BCUT2D eigenvalue weighted by Crippen LogP contribution is -2.08. The van der Waals surface area contributed by atoms with E-state index in [1.165, 1.54) is 0 Å². The molecule has 0 spiro atoms. The molecule has 3 rings (SSSR count). The molecule has 1 aromatic carbocycles. The van der Waals surface area contributed by atoms with Gasteiger partial charge in [0.15, 0.2) is 0 Å². The summed E-state index contributed by atoms with van der Waals surface area (Å²) in [7, 11) is 0. The van der Waals surface area contributed by atoms with Gasteiger partial charge in [-0.25, -0.2) is 9.59 Å². The number of carbonyl (C=O) groups excluding carboxylic acids is 1. The van der Waals surface area contributed by atoms with E-state index in [2.05, 4.69) is 4.98 Å². The van der Waals surface area contributed by atoms with E-state index < -0.39 is 11.6 Å². The predicted octanol–water partition coefficient (Wildman–Crippen LogP) is 2.45. The van der Waals surface area contributed by atoms with Crippen LogP contribution in [0, 0.1) is 0 Å². The van der Waals surface area contributed by atoms with Gasteiger partial charge in [-0.3, -0.25) is 0 Å². The summed E-state index contributed by atoms with van der Waals surface area (Å²) >= 11 is 0. The molecule has 0 aliphatic heterocycles. The van der Waals surface area contributed by atoms with Crippen molar-refractivity contribution in [3.8, 4) is 0 Å². The third-order valence-corrected chi connectivity index (χ3v) is 2.96. The van der Waals surface area contributed by atoms with E-state index in [4.69, 9.17) is 9.15 Å². The summed E-state index contributed by atoms with van der Waals surface area (Å²) in [5.41, 5.74) is 0.821. The Bertz CT molecular complexity index is 828. The highest BCUT2D eigenvalue weighted by Crippen LogP contribution is 2.26. The minimum Gasteiger partial charge on any atom is -0.462 e. The van der Waals surface area contributed by atoms with Gasteiger partial charge < -0.3 is 14.1 Å². The zero-order valence-corrected chi connectivity index (χ0v) is 10.2. The molecule has 0 fully saturated rings. The Morgan fingerprint density at radius 1 is 1.37 bits per heavy atom. The fraction of sp³-hybridized carbons (Fsp3) is 0.143. The Labute approximate surface area is 107 Å². The van der Waals surface area contributed by atoms with Crippen LogP contribution in [0.5, 0.6) is 0 Å². The Hall–Kier alpha value is -2.56. The molecule has 0 amide bonds. The molecule has 1 N–H and O–H groups in total. The zero-order valence-electron chi connectivity index (χ0n) is 10.2. The first-order chi connectivity index (χ1) is 9.22. The largest absolute Gasteiger partial charge is 0.462 e. The second-order valence-corrected chi connectivity index (χ2v) is 4.08. The van der Waals surface area contributed by atoms with Gasteiger partial charge in [-0.05, 0) is 13.0 Å². The number of aromatic nitrogens is 1. The number of hydrogen-bond donors (Lipinski definition) is 1. The number of fused-ring (bicyclic) bond motifs is 3. The third-order valence-electron chi connectivity index (χ3n) is 2.96. The van der Waals surface area contributed by atoms with Gasteiger partial charge >= 0.3 is 11.6 Å². The van der Waals surface area contributed by atoms with Gasteiger partial charge in [-0.15, -0.1) is 0 Å². The predicted molar refractivity (Wildman–Crippen MR) is 70.3 cm³/mol. The number of esters is 1. The lowest BCUT2D eigenvalue weighted by molar-refractivity contribution is 0.0526. The third kappa shape index (κ3) is 1.71. The SMILES string of the molecule is CCOC(=O)c1coc(=O)c2[nH]c3ccccc3c12. The number of rotatable bonds is 2. The highest BCUT2D eigenvalue weighted by molar-refractivity contribution is 6.15. The molecule has 2 heterocycles. The molecular weight excluding hydrogens is 246 g/mol. The topological polar surface area (TPSA) is 72.3 Å². The Morgan fingerprint density at radius 2 is 2.16 bits per heavy atom.